The van der Waals surface area contributed by atoms with E-state index in [1.54, 1.807) is 0 Å². The summed E-state index contributed by atoms with van der Waals surface area (Å²) in [4.78, 5) is 4.05. The monoisotopic (exact) mass is 209 g/mol. The first-order valence-electron chi connectivity index (χ1n) is 5.95. The molecule has 0 aliphatic rings. The molecule has 1 rings (SSSR count). The molecule has 86 valence electrons. The van der Waals surface area contributed by atoms with E-state index in [9.17, 15) is 0 Å². The van der Waals surface area contributed by atoms with Gasteiger partial charge in [0.1, 0.15) is 0 Å². The van der Waals surface area contributed by atoms with Crippen molar-refractivity contribution in [2.45, 2.75) is 46.2 Å². The zero-order valence-electron chi connectivity index (χ0n) is 10.1. The van der Waals surface area contributed by atoms with Gasteiger partial charge in [-0.15, -0.1) is 0 Å². The largest absolute Gasteiger partial charge is 0.337 e. The second-order valence-corrected chi connectivity index (χ2v) is 4.29. The number of nitrogens with zero attached hydrogens (tertiary/aromatic N) is 2. The first-order chi connectivity index (χ1) is 7.26. The molecule has 1 atom stereocenters. The second kappa shape index (κ2) is 6.62. The van der Waals surface area contributed by atoms with Gasteiger partial charge >= 0.3 is 0 Å². The highest BCUT2D eigenvalue weighted by Crippen LogP contribution is 2.02. The molecule has 0 fully saturated rings. The molecule has 3 heteroatoms. The minimum atomic E-state index is 0.653. The van der Waals surface area contributed by atoms with Crippen LogP contribution in [-0.4, -0.2) is 22.1 Å². The Kier molecular flexibility index (Phi) is 5.40. The molecule has 0 aliphatic heterocycles. The van der Waals surface area contributed by atoms with E-state index in [4.69, 9.17) is 0 Å². The molecule has 0 amide bonds. The van der Waals surface area contributed by atoms with Crippen molar-refractivity contribution in [2.24, 2.45) is 5.92 Å². The van der Waals surface area contributed by atoms with Gasteiger partial charge in [0.2, 0.25) is 0 Å². The maximum atomic E-state index is 4.05. The third-order valence-electron chi connectivity index (χ3n) is 2.82. The average Bonchev–Trinajstić information content (AvgIpc) is 2.72. The lowest BCUT2D eigenvalue weighted by Gasteiger charge is -2.18. The van der Waals surface area contributed by atoms with Crippen LogP contribution in [0.5, 0.6) is 0 Å². The topological polar surface area (TPSA) is 29.9 Å². The fourth-order valence-corrected chi connectivity index (χ4v) is 1.76. The van der Waals surface area contributed by atoms with Crippen LogP contribution in [0.4, 0.5) is 0 Å². The molecule has 0 bridgehead atoms. The van der Waals surface area contributed by atoms with Crippen LogP contribution in [0.15, 0.2) is 18.7 Å². The SMILES string of the molecule is CCC(CC)NCC(C)Cn1ccnc1. The van der Waals surface area contributed by atoms with Crippen LogP contribution in [0.1, 0.15) is 33.6 Å². The van der Waals surface area contributed by atoms with Crippen molar-refractivity contribution in [1.29, 1.82) is 0 Å². The van der Waals surface area contributed by atoms with E-state index in [1.807, 2.05) is 18.7 Å². The highest BCUT2D eigenvalue weighted by molar-refractivity contribution is 4.75. The summed E-state index contributed by atoms with van der Waals surface area (Å²) in [6.07, 6.45) is 8.17. The van der Waals surface area contributed by atoms with Crippen LogP contribution in [0.2, 0.25) is 0 Å². The molecule has 0 aliphatic carbocycles. The number of hydrogen-bond donors (Lipinski definition) is 1. The first kappa shape index (κ1) is 12.2. The third-order valence-corrected chi connectivity index (χ3v) is 2.82. The maximum Gasteiger partial charge on any atom is 0.0946 e. The minimum absolute atomic E-state index is 0.653. The van der Waals surface area contributed by atoms with Crippen LogP contribution >= 0.6 is 0 Å². The van der Waals surface area contributed by atoms with Crippen molar-refractivity contribution in [1.82, 2.24) is 14.9 Å². The van der Waals surface area contributed by atoms with Crippen molar-refractivity contribution >= 4 is 0 Å². The molecule has 0 spiro atoms. The molecule has 0 saturated heterocycles. The quantitative estimate of drug-likeness (QED) is 0.746. The predicted octanol–water partition coefficient (Wildman–Crippen LogP) is 2.30. The van der Waals surface area contributed by atoms with Gasteiger partial charge in [0.15, 0.2) is 0 Å². The maximum absolute atomic E-state index is 4.05. The van der Waals surface area contributed by atoms with E-state index in [0.29, 0.717) is 12.0 Å². The Bertz CT molecular complexity index is 239. The van der Waals surface area contributed by atoms with Crippen LogP contribution in [0.3, 0.4) is 0 Å². The van der Waals surface area contributed by atoms with E-state index in [-0.39, 0.29) is 0 Å². The molecular weight excluding hydrogens is 186 g/mol. The van der Waals surface area contributed by atoms with E-state index in [1.165, 1.54) is 12.8 Å². The first-order valence-corrected chi connectivity index (χ1v) is 5.95. The summed E-state index contributed by atoms with van der Waals surface area (Å²) in [5.74, 6) is 0.653. The number of rotatable bonds is 7. The Morgan fingerprint density at radius 3 is 2.60 bits per heavy atom. The second-order valence-electron chi connectivity index (χ2n) is 4.29. The van der Waals surface area contributed by atoms with Crippen LogP contribution in [0.25, 0.3) is 0 Å². The van der Waals surface area contributed by atoms with Gasteiger partial charge in [-0.25, -0.2) is 4.98 Å². The smallest absolute Gasteiger partial charge is 0.0946 e. The van der Waals surface area contributed by atoms with E-state index in [0.717, 1.165) is 13.1 Å². The van der Waals surface area contributed by atoms with Gasteiger partial charge in [-0.1, -0.05) is 20.8 Å². The van der Waals surface area contributed by atoms with Gasteiger partial charge in [0, 0.05) is 25.0 Å². The molecular formula is C12H23N3. The van der Waals surface area contributed by atoms with Crippen molar-refractivity contribution in [3.8, 4) is 0 Å². The summed E-state index contributed by atoms with van der Waals surface area (Å²) in [5.41, 5.74) is 0. The molecule has 15 heavy (non-hydrogen) atoms. The highest BCUT2D eigenvalue weighted by Gasteiger charge is 2.06. The van der Waals surface area contributed by atoms with Crippen molar-refractivity contribution in [2.75, 3.05) is 6.54 Å². The Labute approximate surface area is 92.9 Å². The van der Waals surface area contributed by atoms with E-state index in [2.05, 4.69) is 35.6 Å². The summed E-state index contributed by atoms with van der Waals surface area (Å²) < 4.78 is 2.14. The number of hydrogen-bond acceptors (Lipinski definition) is 2. The fraction of sp³-hybridized carbons (Fsp3) is 0.750. The Hall–Kier alpha value is -0.830. The molecule has 0 saturated carbocycles. The molecule has 1 heterocycles. The highest BCUT2D eigenvalue weighted by atomic mass is 15.0. The summed E-state index contributed by atoms with van der Waals surface area (Å²) in [6, 6.07) is 0.676. The molecule has 1 aromatic heterocycles. The van der Waals surface area contributed by atoms with Crippen LogP contribution in [0, 0.1) is 5.92 Å². The number of aromatic nitrogens is 2. The third kappa shape index (κ3) is 4.47. The van der Waals surface area contributed by atoms with Crippen molar-refractivity contribution in [3.63, 3.8) is 0 Å². The number of nitrogens with one attached hydrogen (secondary N) is 1. The van der Waals surface area contributed by atoms with Gasteiger partial charge in [0.25, 0.3) is 0 Å². The summed E-state index contributed by atoms with van der Waals surface area (Å²) in [7, 11) is 0. The van der Waals surface area contributed by atoms with Crippen molar-refractivity contribution < 1.29 is 0 Å². The molecule has 1 aromatic rings. The predicted molar refractivity (Wildman–Crippen MR) is 63.8 cm³/mol. The Balaban J connectivity index is 2.21. The zero-order valence-corrected chi connectivity index (χ0v) is 10.1. The van der Waals surface area contributed by atoms with E-state index >= 15 is 0 Å². The van der Waals surface area contributed by atoms with Gasteiger partial charge in [-0.2, -0.15) is 0 Å². The van der Waals surface area contributed by atoms with Gasteiger partial charge in [-0.3, -0.25) is 0 Å². The summed E-state index contributed by atoms with van der Waals surface area (Å²) in [6.45, 7) is 8.89. The Morgan fingerprint density at radius 1 is 1.33 bits per heavy atom. The van der Waals surface area contributed by atoms with Gasteiger partial charge in [-0.05, 0) is 25.3 Å². The normalized spacial score (nSPS) is 13.3. The lowest BCUT2D eigenvalue weighted by molar-refractivity contribution is 0.395. The molecule has 0 radical (unpaired) electrons. The van der Waals surface area contributed by atoms with E-state index < -0.39 is 0 Å². The van der Waals surface area contributed by atoms with Gasteiger partial charge < -0.3 is 9.88 Å². The lowest BCUT2D eigenvalue weighted by Crippen LogP contribution is -2.32. The molecule has 1 N–H and O–H groups in total. The minimum Gasteiger partial charge on any atom is -0.337 e. The lowest BCUT2D eigenvalue weighted by atomic mass is 10.1. The zero-order chi connectivity index (χ0) is 11.1. The number of imidazole rings is 1. The van der Waals surface area contributed by atoms with Gasteiger partial charge in [0.05, 0.1) is 6.33 Å². The molecule has 0 aromatic carbocycles. The Morgan fingerprint density at radius 2 is 2.07 bits per heavy atom. The van der Waals surface area contributed by atoms with Crippen LogP contribution in [-0.2, 0) is 6.54 Å². The van der Waals surface area contributed by atoms with Crippen molar-refractivity contribution in [3.05, 3.63) is 18.7 Å². The fourth-order valence-electron chi connectivity index (χ4n) is 1.76. The molecule has 1 unspecified atom stereocenters. The molecule has 3 nitrogen and oxygen atoms in total. The standard InChI is InChI=1S/C12H23N3/c1-4-12(5-2)14-8-11(3)9-15-7-6-13-10-15/h6-7,10-12,14H,4-5,8-9H2,1-3H3. The average molecular weight is 209 g/mol. The van der Waals surface area contributed by atoms with Crippen LogP contribution < -0.4 is 5.32 Å². The summed E-state index contributed by atoms with van der Waals surface area (Å²) >= 11 is 0. The summed E-state index contributed by atoms with van der Waals surface area (Å²) in [5, 5.41) is 3.60.